The van der Waals surface area contributed by atoms with Crippen molar-refractivity contribution in [2.45, 2.75) is 38.6 Å². The van der Waals surface area contributed by atoms with Crippen LogP contribution in [0.4, 0.5) is 4.39 Å². The Kier molecular flexibility index (Phi) is 2.47. The van der Waals surface area contributed by atoms with E-state index in [4.69, 9.17) is 0 Å². The molecule has 1 aliphatic carbocycles. The molecule has 0 heterocycles. The molecule has 83 valence electrons. The number of fused-ring (bicyclic) bond motifs is 1. The Morgan fingerprint density at radius 2 is 2.00 bits per heavy atom. The van der Waals surface area contributed by atoms with Crippen molar-refractivity contribution in [2.24, 2.45) is 0 Å². The third-order valence-corrected chi connectivity index (χ3v) is 5.20. The topological polar surface area (TPSA) is 20.2 Å². The van der Waals surface area contributed by atoms with Gasteiger partial charge in [0.25, 0.3) is 0 Å². The second-order valence-electron chi connectivity index (χ2n) is 5.29. The highest BCUT2D eigenvalue weighted by Gasteiger charge is 2.26. The summed E-state index contributed by atoms with van der Waals surface area (Å²) in [6, 6.07) is 3.43. The maximum Gasteiger partial charge on any atom is 0.129 e. The third kappa shape index (κ3) is 1.74. The molecule has 0 bridgehead atoms. The monoisotopic (exact) mass is 224 g/mol. The predicted octanol–water partition coefficient (Wildman–Crippen LogP) is 2.35. The maximum atomic E-state index is 13.6. The lowest BCUT2D eigenvalue weighted by Gasteiger charge is -2.32. The van der Waals surface area contributed by atoms with E-state index < -0.39 is 14.2 Å². The first kappa shape index (κ1) is 10.8. The summed E-state index contributed by atoms with van der Waals surface area (Å²) >= 11 is 0. The van der Waals surface area contributed by atoms with Crippen LogP contribution < -0.4 is 5.19 Å². The number of benzene rings is 1. The van der Waals surface area contributed by atoms with Crippen LogP contribution in [0.5, 0.6) is 0 Å². The minimum Gasteiger partial charge on any atom is -0.388 e. The van der Waals surface area contributed by atoms with Gasteiger partial charge in [-0.15, -0.1) is 8.07 Å². The lowest BCUT2D eigenvalue weighted by atomic mass is 10.1. The standard InChI is InChI=1S/C12H17FOSi/c1-15(2,3)11-7-5-9(13)12-8(11)4-6-10(12)14/h5,7,10,14H,4,6H2,1-3H3/q-1/t10-/m0/s1. The smallest absolute Gasteiger partial charge is 0.129 e. The van der Waals surface area contributed by atoms with E-state index in [0.717, 1.165) is 12.0 Å². The Morgan fingerprint density at radius 1 is 1.33 bits per heavy atom. The van der Waals surface area contributed by atoms with E-state index in [1.54, 1.807) is 0 Å². The summed E-state index contributed by atoms with van der Waals surface area (Å²) in [5, 5.41) is 11.0. The van der Waals surface area contributed by atoms with Crippen molar-refractivity contribution >= 4 is 13.3 Å². The van der Waals surface area contributed by atoms with Crippen molar-refractivity contribution in [3.8, 4) is 0 Å². The Hall–Kier alpha value is -0.673. The number of hydrogen-bond acceptors (Lipinski definition) is 1. The molecular formula is C12H17FOSi-. The molecule has 0 spiro atoms. The zero-order valence-corrected chi connectivity index (χ0v) is 10.5. The molecular weight excluding hydrogens is 207 g/mol. The molecule has 0 unspecified atom stereocenters. The molecule has 1 aliphatic rings. The van der Waals surface area contributed by atoms with Gasteiger partial charge in [-0.1, -0.05) is 11.6 Å². The minimum absolute atomic E-state index is 0.239. The van der Waals surface area contributed by atoms with E-state index in [9.17, 15) is 9.50 Å². The van der Waals surface area contributed by atoms with Crippen LogP contribution in [0.25, 0.3) is 0 Å². The van der Waals surface area contributed by atoms with Crippen LogP contribution in [0.15, 0.2) is 12.1 Å². The number of aliphatic hydroxyl groups excluding tert-OH is 1. The highest BCUT2D eigenvalue weighted by atomic mass is 28.3. The molecule has 3 heteroatoms. The molecule has 0 amide bonds. The Bertz CT molecular complexity index is 395. The zero-order chi connectivity index (χ0) is 11.2. The molecule has 0 aromatic heterocycles. The average Bonchev–Trinajstić information content (AvgIpc) is 2.47. The molecule has 0 aliphatic heterocycles. The molecule has 0 saturated carbocycles. The minimum atomic E-state index is -1.42. The summed E-state index contributed by atoms with van der Waals surface area (Å²) in [6.07, 6.45) is 0.915. The van der Waals surface area contributed by atoms with E-state index in [-0.39, 0.29) is 5.82 Å². The highest BCUT2D eigenvalue weighted by Crippen LogP contribution is 2.32. The summed E-state index contributed by atoms with van der Waals surface area (Å²) < 4.78 is 13.6. The van der Waals surface area contributed by atoms with Crippen LogP contribution in [0.2, 0.25) is 19.6 Å². The van der Waals surface area contributed by atoms with Gasteiger partial charge in [-0.3, -0.25) is 0 Å². The summed E-state index contributed by atoms with van der Waals surface area (Å²) in [5.74, 6) is -0.239. The number of rotatable bonds is 1. The fourth-order valence-corrected chi connectivity index (χ4v) is 4.14. The van der Waals surface area contributed by atoms with Gasteiger partial charge in [0, 0.05) is 5.56 Å². The number of halogens is 1. The molecule has 1 aromatic rings. The molecule has 0 radical (unpaired) electrons. The molecule has 0 saturated heterocycles. The molecule has 1 nitrogen and oxygen atoms in total. The fraction of sp³-hybridized carbons (Fsp3) is 0.500. The summed E-state index contributed by atoms with van der Waals surface area (Å²) in [7, 11) is -1.42. The van der Waals surface area contributed by atoms with Gasteiger partial charge in [0.1, 0.15) is 5.82 Å². The second-order valence-corrected chi connectivity index (χ2v) is 10.3. The van der Waals surface area contributed by atoms with Crippen LogP contribution in [-0.4, -0.2) is 13.2 Å². The molecule has 1 aromatic carbocycles. The first-order chi connectivity index (χ1) is 6.91. The SMILES string of the molecule is C[Si-](C)(C)c1ccc(F)c2c1CC[C@@H]2O. The quantitative estimate of drug-likeness (QED) is 0.726. The van der Waals surface area contributed by atoms with E-state index in [1.165, 1.54) is 11.3 Å². The number of aliphatic hydroxyl groups is 1. The molecule has 1 N–H and O–H groups in total. The fourth-order valence-electron chi connectivity index (χ4n) is 2.39. The van der Waals surface area contributed by atoms with E-state index >= 15 is 0 Å². The summed E-state index contributed by atoms with van der Waals surface area (Å²) in [4.78, 5) is 0. The van der Waals surface area contributed by atoms with Crippen LogP contribution in [0, 0.1) is 5.82 Å². The van der Waals surface area contributed by atoms with Gasteiger partial charge in [0.15, 0.2) is 0 Å². The zero-order valence-electron chi connectivity index (χ0n) is 9.47. The largest absolute Gasteiger partial charge is 0.388 e. The first-order valence-electron chi connectivity index (χ1n) is 5.41. The van der Waals surface area contributed by atoms with Crippen molar-refractivity contribution in [2.75, 3.05) is 0 Å². The predicted molar refractivity (Wildman–Crippen MR) is 62.7 cm³/mol. The average molecular weight is 224 g/mol. The van der Waals surface area contributed by atoms with Crippen molar-refractivity contribution < 1.29 is 9.50 Å². The van der Waals surface area contributed by atoms with Crippen LogP contribution in [-0.2, 0) is 6.42 Å². The lowest BCUT2D eigenvalue weighted by molar-refractivity contribution is 0.176. The molecule has 2 rings (SSSR count). The maximum absolute atomic E-state index is 13.6. The lowest BCUT2D eigenvalue weighted by Crippen LogP contribution is -2.40. The van der Waals surface area contributed by atoms with E-state index in [2.05, 4.69) is 19.6 Å². The van der Waals surface area contributed by atoms with Crippen LogP contribution >= 0.6 is 0 Å². The van der Waals surface area contributed by atoms with Gasteiger partial charge in [-0.05, 0) is 18.9 Å². The van der Waals surface area contributed by atoms with E-state index in [1.807, 2.05) is 6.07 Å². The van der Waals surface area contributed by atoms with Crippen molar-refractivity contribution in [3.05, 3.63) is 29.1 Å². The Balaban J connectivity index is 2.63. The van der Waals surface area contributed by atoms with Crippen LogP contribution in [0.1, 0.15) is 23.7 Å². The Labute approximate surface area is 91.0 Å². The molecule has 15 heavy (non-hydrogen) atoms. The third-order valence-electron chi connectivity index (χ3n) is 3.11. The van der Waals surface area contributed by atoms with Gasteiger partial charge >= 0.3 is 0 Å². The van der Waals surface area contributed by atoms with Gasteiger partial charge in [-0.25, -0.2) is 4.39 Å². The van der Waals surface area contributed by atoms with Gasteiger partial charge in [0.05, 0.1) is 6.10 Å². The second kappa shape index (κ2) is 3.42. The molecule has 1 atom stereocenters. The van der Waals surface area contributed by atoms with Crippen molar-refractivity contribution in [3.63, 3.8) is 0 Å². The summed E-state index contributed by atoms with van der Waals surface area (Å²) in [6.45, 7) is 6.77. The van der Waals surface area contributed by atoms with Crippen molar-refractivity contribution in [1.29, 1.82) is 0 Å². The van der Waals surface area contributed by atoms with Gasteiger partial charge in [0.2, 0.25) is 0 Å². The normalized spacial score (nSPS) is 20.5. The van der Waals surface area contributed by atoms with Crippen LogP contribution in [0.3, 0.4) is 0 Å². The summed E-state index contributed by atoms with van der Waals surface area (Å²) in [5.41, 5.74) is 1.65. The van der Waals surface area contributed by atoms with Crippen molar-refractivity contribution in [1.82, 2.24) is 0 Å². The van der Waals surface area contributed by atoms with Gasteiger partial charge < -0.3 is 5.11 Å². The first-order valence-corrected chi connectivity index (χ1v) is 8.91. The van der Waals surface area contributed by atoms with Gasteiger partial charge in [-0.2, -0.15) is 24.8 Å². The highest BCUT2D eigenvalue weighted by molar-refractivity contribution is 6.89. The molecule has 0 fully saturated rings. The number of hydrogen-bond donors (Lipinski definition) is 1. The van der Waals surface area contributed by atoms with E-state index in [0.29, 0.717) is 12.0 Å². The Morgan fingerprint density at radius 3 is 2.60 bits per heavy atom.